The van der Waals surface area contributed by atoms with Crippen LogP contribution in [0.15, 0.2) is 22.9 Å². The first-order chi connectivity index (χ1) is 22.1. The molecule has 0 saturated carbocycles. The predicted octanol–water partition coefficient (Wildman–Crippen LogP) is 15.4. The number of hydrogen-bond donors (Lipinski definition) is 0. The summed E-state index contributed by atoms with van der Waals surface area (Å²) in [7, 11) is 0. The molecule has 248 valence electrons. The lowest BCUT2D eigenvalue weighted by Gasteiger charge is -2.10. The second-order valence-electron chi connectivity index (χ2n) is 12.8. The fraction of sp³-hybridized carbons (Fsp3) is 0.632. The van der Waals surface area contributed by atoms with Gasteiger partial charge in [-0.15, -0.1) is 22.7 Å². The summed E-state index contributed by atoms with van der Waals surface area (Å²) in [6, 6.07) is 4.59. The zero-order valence-corrected chi connectivity index (χ0v) is 31.7. The van der Waals surface area contributed by atoms with Crippen LogP contribution < -0.4 is 0 Å². The fourth-order valence-corrected chi connectivity index (χ4v) is 9.55. The fourth-order valence-electron chi connectivity index (χ4n) is 6.30. The number of hydrogen-bond acceptors (Lipinski definition) is 5. The SMILES string of the molecule is CCCCCCCCCCCCc1csc(-c2c(Cl)c(Cl)c(-c3cc(CCCCCCCCCCCC)cs3)c3nsnc23)c1. The standard InChI is InChI=1S/C38H54Cl2N2S3/c1-3-5-7-9-11-13-15-17-19-21-23-29-25-31(43-27-29)33-35(39)36(40)34(38-37(33)41-45-42-38)32-26-30(28-44-32)24-22-20-18-16-14-12-10-8-6-4-2/h25-28H,3-24H2,1-2H3. The first-order valence-corrected chi connectivity index (χ1v) is 21.2. The number of nitrogens with zero attached hydrogens (tertiary/aromatic N) is 2. The van der Waals surface area contributed by atoms with Crippen LogP contribution in [-0.2, 0) is 12.8 Å². The van der Waals surface area contributed by atoms with Gasteiger partial charge >= 0.3 is 0 Å². The lowest BCUT2D eigenvalue weighted by molar-refractivity contribution is 0.556. The Kier molecular flexibility index (Phi) is 17.3. The zero-order chi connectivity index (χ0) is 31.7. The molecule has 0 radical (unpaired) electrons. The molecule has 0 atom stereocenters. The highest BCUT2D eigenvalue weighted by atomic mass is 35.5. The van der Waals surface area contributed by atoms with E-state index in [9.17, 15) is 0 Å². The Balaban J connectivity index is 1.29. The van der Waals surface area contributed by atoms with E-state index in [1.807, 2.05) is 0 Å². The molecule has 0 aliphatic heterocycles. The van der Waals surface area contributed by atoms with Crippen molar-refractivity contribution in [2.45, 2.75) is 155 Å². The number of rotatable bonds is 24. The number of aromatic nitrogens is 2. The molecule has 4 aromatic rings. The van der Waals surface area contributed by atoms with Crippen LogP contribution in [0, 0.1) is 0 Å². The maximum Gasteiger partial charge on any atom is 0.115 e. The molecule has 3 aromatic heterocycles. The molecule has 0 N–H and O–H groups in total. The van der Waals surface area contributed by atoms with Crippen LogP contribution in [0.25, 0.3) is 31.9 Å². The van der Waals surface area contributed by atoms with Gasteiger partial charge in [-0.3, -0.25) is 0 Å². The maximum atomic E-state index is 7.05. The van der Waals surface area contributed by atoms with Crippen molar-refractivity contribution in [2.75, 3.05) is 0 Å². The summed E-state index contributed by atoms with van der Waals surface area (Å²) in [6.45, 7) is 4.57. The third-order valence-electron chi connectivity index (χ3n) is 9.03. The average molecular weight is 706 g/mol. The third-order valence-corrected chi connectivity index (χ3v) is 12.4. The summed E-state index contributed by atoms with van der Waals surface area (Å²) < 4.78 is 9.46. The van der Waals surface area contributed by atoms with Crippen molar-refractivity contribution in [1.29, 1.82) is 0 Å². The first-order valence-electron chi connectivity index (χ1n) is 17.9. The van der Waals surface area contributed by atoms with Gasteiger partial charge in [-0.2, -0.15) is 8.75 Å². The Morgan fingerprint density at radius 1 is 0.489 bits per heavy atom. The Labute approximate surface area is 295 Å². The Morgan fingerprint density at radius 3 is 1.18 bits per heavy atom. The van der Waals surface area contributed by atoms with E-state index in [0.29, 0.717) is 10.0 Å². The van der Waals surface area contributed by atoms with Crippen LogP contribution in [0.4, 0.5) is 0 Å². The zero-order valence-electron chi connectivity index (χ0n) is 27.7. The molecular weight excluding hydrogens is 652 g/mol. The van der Waals surface area contributed by atoms with E-state index in [4.69, 9.17) is 31.9 Å². The van der Waals surface area contributed by atoms with Crippen LogP contribution in [0.2, 0.25) is 10.0 Å². The van der Waals surface area contributed by atoms with Gasteiger partial charge in [0.1, 0.15) is 11.0 Å². The minimum absolute atomic E-state index is 0.601. The van der Waals surface area contributed by atoms with Crippen LogP contribution in [0.1, 0.15) is 153 Å². The van der Waals surface area contributed by atoms with Crippen molar-refractivity contribution in [1.82, 2.24) is 8.75 Å². The van der Waals surface area contributed by atoms with E-state index < -0.39 is 0 Å². The first kappa shape index (κ1) is 36.8. The summed E-state index contributed by atoms with van der Waals surface area (Å²) in [4.78, 5) is 2.28. The highest BCUT2D eigenvalue weighted by molar-refractivity contribution is 7.14. The molecular formula is C38H54Cl2N2S3. The Hall–Kier alpha value is -0.980. The van der Waals surface area contributed by atoms with Crippen LogP contribution in [0.3, 0.4) is 0 Å². The number of benzene rings is 1. The molecule has 7 heteroatoms. The molecule has 0 fully saturated rings. The summed E-state index contributed by atoms with van der Waals surface area (Å²) in [6.07, 6.45) is 29.5. The molecule has 1 aromatic carbocycles. The molecule has 0 spiro atoms. The molecule has 2 nitrogen and oxygen atoms in total. The van der Waals surface area contributed by atoms with Gasteiger partial charge < -0.3 is 0 Å². The van der Waals surface area contributed by atoms with E-state index in [-0.39, 0.29) is 0 Å². The lowest BCUT2D eigenvalue weighted by atomic mass is 10.0. The molecule has 0 aliphatic rings. The summed E-state index contributed by atoms with van der Waals surface area (Å²) >= 11 is 18.8. The largest absolute Gasteiger partial charge is 0.172 e. The van der Waals surface area contributed by atoms with Gasteiger partial charge in [0.25, 0.3) is 0 Å². The molecule has 0 bridgehead atoms. The monoisotopic (exact) mass is 704 g/mol. The van der Waals surface area contributed by atoms with Gasteiger partial charge in [0.15, 0.2) is 0 Å². The van der Waals surface area contributed by atoms with Crippen molar-refractivity contribution >= 4 is 68.6 Å². The maximum absolute atomic E-state index is 7.05. The normalized spacial score (nSPS) is 11.7. The summed E-state index contributed by atoms with van der Waals surface area (Å²) in [5.41, 5.74) is 6.41. The van der Waals surface area contributed by atoms with E-state index in [0.717, 1.165) is 44.8 Å². The predicted molar refractivity (Wildman–Crippen MR) is 205 cm³/mol. The highest BCUT2D eigenvalue weighted by Crippen LogP contribution is 2.48. The second kappa shape index (κ2) is 21.1. The number of aryl methyl sites for hydroxylation is 2. The van der Waals surface area contributed by atoms with Crippen LogP contribution in [-0.4, -0.2) is 8.75 Å². The van der Waals surface area contributed by atoms with E-state index >= 15 is 0 Å². The van der Waals surface area contributed by atoms with Gasteiger partial charge in [0.2, 0.25) is 0 Å². The lowest BCUT2D eigenvalue weighted by Crippen LogP contribution is -1.88. The quantitative estimate of drug-likeness (QED) is 0.0678. The summed E-state index contributed by atoms with van der Waals surface area (Å²) in [5.74, 6) is 0. The van der Waals surface area contributed by atoms with Gasteiger partial charge in [-0.25, -0.2) is 0 Å². The van der Waals surface area contributed by atoms with E-state index in [2.05, 4.69) is 36.7 Å². The highest BCUT2D eigenvalue weighted by Gasteiger charge is 2.24. The average Bonchev–Trinajstić information content (AvgIpc) is 3.82. The molecule has 0 amide bonds. The van der Waals surface area contributed by atoms with Gasteiger partial charge in [-0.05, 0) is 59.7 Å². The smallest absolute Gasteiger partial charge is 0.115 e. The third kappa shape index (κ3) is 11.6. The Morgan fingerprint density at radius 2 is 0.822 bits per heavy atom. The molecule has 0 aliphatic carbocycles. The minimum Gasteiger partial charge on any atom is -0.172 e. The van der Waals surface area contributed by atoms with Crippen LogP contribution in [0.5, 0.6) is 0 Å². The minimum atomic E-state index is 0.601. The molecule has 4 rings (SSSR count). The number of fused-ring (bicyclic) bond motifs is 1. The molecule has 3 heterocycles. The molecule has 0 unspecified atom stereocenters. The summed E-state index contributed by atoms with van der Waals surface area (Å²) in [5, 5.41) is 5.77. The van der Waals surface area contributed by atoms with E-state index in [1.165, 1.54) is 151 Å². The van der Waals surface area contributed by atoms with Crippen molar-refractivity contribution in [3.05, 3.63) is 44.1 Å². The number of unbranched alkanes of at least 4 members (excludes halogenated alkanes) is 18. The van der Waals surface area contributed by atoms with Crippen molar-refractivity contribution in [3.63, 3.8) is 0 Å². The topological polar surface area (TPSA) is 25.8 Å². The number of halogens is 2. The van der Waals surface area contributed by atoms with Gasteiger partial charge in [0, 0.05) is 20.9 Å². The van der Waals surface area contributed by atoms with E-state index in [1.54, 1.807) is 22.7 Å². The second-order valence-corrected chi connectivity index (χ2v) is 15.9. The van der Waals surface area contributed by atoms with Gasteiger partial charge in [0.05, 0.1) is 21.8 Å². The Bertz CT molecular complexity index is 1290. The molecule has 0 saturated heterocycles. The van der Waals surface area contributed by atoms with Crippen molar-refractivity contribution < 1.29 is 0 Å². The molecule has 45 heavy (non-hydrogen) atoms. The number of thiophene rings is 2. The van der Waals surface area contributed by atoms with Crippen LogP contribution >= 0.6 is 57.6 Å². The van der Waals surface area contributed by atoms with Crippen molar-refractivity contribution in [3.8, 4) is 20.9 Å². The van der Waals surface area contributed by atoms with Crippen molar-refractivity contribution in [2.24, 2.45) is 0 Å². The van der Waals surface area contributed by atoms with Gasteiger partial charge in [-0.1, -0.05) is 153 Å².